The maximum Gasteiger partial charge on any atom is 0.0622 e. The van der Waals surface area contributed by atoms with Gasteiger partial charge < -0.3 is 10.1 Å². The van der Waals surface area contributed by atoms with E-state index in [0.29, 0.717) is 6.04 Å². The second kappa shape index (κ2) is 5.51. The molecule has 1 N–H and O–H groups in total. The van der Waals surface area contributed by atoms with Gasteiger partial charge >= 0.3 is 0 Å². The van der Waals surface area contributed by atoms with Crippen LogP contribution in [0.4, 0.5) is 0 Å². The molecule has 1 aliphatic rings. The van der Waals surface area contributed by atoms with Gasteiger partial charge in [0.05, 0.1) is 6.61 Å². The van der Waals surface area contributed by atoms with Crippen molar-refractivity contribution >= 4 is 0 Å². The fraction of sp³-hybridized carbons (Fsp3) is 1.00. The summed E-state index contributed by atoms with van der Waals surface area (Å²) in [4.78, 5) is 2.38. The van der Waals surface area contributed by atoms with Crippen molar-refractivity contribution in [2.24, 2.45) is 0 Å². The van der Waals surface area contributed by atoms with Crippen LogP contribution in [0.25, 0.3) is 0 Å². The molecule has 1 unspecified atom stereocenters. The minimum absolute atomic E-state index is 0.656. The average Bonchev–Trinajstić information content (AvgIpc) is 2.56. The summed E-state index contributed by atoms with van der Waals surface area (Å²) in [6.07, 6.45) is 1.20. The number of hydrogen-bond acceptors (Lipinski definition) is 3. The topological polar surface area (TPSA) is 24.5 Å². The molecule has 1 atom stereocenters. The summed E-state index contributed by atoms with van der Waals surface area (Å²) in [6, 6.07) is 0.656. The fourth-order valence-electron chi connectivity index (χ4n) is 1.48. The smallest absolute Gasteiger partial charge is 0.0622 e. The number of nitrogens with zero attached hydrogens (tertiary/aromatic N) is 1. The molecule has 0 aromatic heterocycles. The van der Waals surface area contributed by atoms with Gasteiger partial charge in [-0.1, -0.05) is 6.92 Å². The molecule has 1 heterocycles. The van der Waals surface area contributed by atoms with Crippen LogP contribution in [-0.4, -0.2) is 50.8 Å². The van der Waals surface area contributed by atoms with Gasteiger partial charge in [0.25, 0.3) is 0 Å². The van der Waals surface area contributed by atoms with Crippen molar-refractivity contribution in [1.82, 2.24) is 10.2 Å². The summed E-state index contributed by atoms with van der Waals surface area (Å²) in [5.41, 5.74) is 0. The Hall–Kier alpha value is -0.120. The van der Waals surface area contributed by atoms with Gasteiger partial charge in [-0.25, -0.2) is 0 Å². The summed E-state index contributed by atoms with van der Waals surface area (Å²) in [5, 5.41) is 3.32. The Balaban J connectivity index is 2.05. The Kier molecular flexibility index (Phi) is 4.58. The van der Waals surface area contributed by atoms with E-state index in [9.17, 15) is 0 Å². The molecule has 1 saturated heterocycles. The van der Waals surface area contributed by atoms with Gasteiger partial charge in [0, 0.05) is 25.7 Å². The highest BCUT2D eigenvalue weighted by atomic mass is 16.5. The number of nitrogens with one attached hydrogen (secondary N) is 1. The predicted octanol–water partition coefficient (Wildman–Crippen LogP) is 0.317. The maximum absolute atomic E-state index is 5.32. The number of hydrogen-bond donors (Lipinski definition) is 1. The predicted molar refractivity (Wildman–Crippen MR) is 50.4 cm³/mol. The summed E-state index contributed by atoms with van der Waals surface area (Å²) in [6.45, 7) is 7.28. The van der Waals surface area contributed by atoms with Gasteiger partial charge in [0.15, 0.2) is 0 Å². The summed E-state index contributed by atoms with van der Waals surface area (Å²) < 4.78 is 5.32. The second-order valence-electron chi connectivity index (χ2n) is 3.35. The van der Waals surface area contributed by atoms with Crippen molar-refractivity contribution in [3.63, 3.8) is 0 Å². The largest absolute Gasteiger partial charge is 0.380 e. The standard InChI is InChI=1S/C9H20N2O/c1-3-10-5-6-11(2)9-4-7-12-8-9/h9-10H,3-8H2,1-2H3. The zero-order chi connectivity index (χ0) is 8.81. The van der Waals surface area contributed by atoms with Gasteiger partial charge in [-0.2, -0.15) is 0 Å². The van der Waals surface area contributed by atoms with E-state index in [1.54, 1.807) is 0 Å². The van der Waals surface area contributed by atoms with Crippen LogP contribution in [0.2, 0.25) is 0 Å². The first-order valence-corrected chi connectivity index (χ1v) is 4.83. The van der Waals surface area contributed by atoms with E-state index < -0.39 is 0 Å². The third-order valence-corrected chi connectivity index (χ3v) is 2.42. The molecule has 3 heteroatoms. The molecule has 12 heavy (non-hydrogen) atoms. The van der Waals surface area contributed by atoms with E-state index in [2.05, 4.69) is 24.2 Å². The van der Waals surface area contributed by atoms with Crippen LogP contribution in [0, 0.1) is 0 Å². The highest BCUT2D eigenvalue weighted by molar-refractivity contribution is 4.73. The highest BCUT2D eigenvalue weighted by Crippen LogP contribution is 2.09. The number of likely N-dealkylation sites (N-methyl/N-ethyl adjacent to an activating group) is 2. The van der Waals surface area contributed by atoms with Gasteiger partial charge in [-0.3, -0.25) is 4.90 Å². The molecule has 0 spiro atoms. The van der Waals surface area contributed by atoms with Crippen LogP contribution in [0.1, 0.15) is 13.3 Å². The van der Waals surface area contributed by atoms with E-state index in [1.807, 2.05) is 0 Å². The molecule has 1 aliphatic heterocycles. The zero-order valence-corrected chi connectivity index (χ0v) is 8.18. The molecule has 3 nitrogen and oxygen atoms in total. The van der Waals surface area contributed by atoms with Crippen molar-refractivity contribution < 1.29 is 4.74 Å². The quantitative estimate of drug-likeness (QED) is 0.604. The van der Waals surface area contributed by atoms with Crippen molar-refractivity contribution in [3.8, 4) is 0 Å². The average molecular weight is 172 g/mol. The van der Waals surface area contributed by atoms with Gasteiger partial charge in [0.1, 0.15) is 0 Å². The first-order chi connectivity index (χ1) is 5.84. The van der Waals surface area contributed by atoms with E-state index >= 15 is 0 Å². The SMILES string of the molecule is CCNCCN(C)C1CCOC1. The van der Waals surface area contributed by atoms with E-state index in [4.69, 9.17) is 4.74 Å². The zero-order valence-electron chi connectivity index (χ0n) is 8.18. The molecular weight excluding hydrogens is 152 g/mol. The summed E-state index contributed by atoms with van der Waals surface area (Å²) in [5.74, 6) is 0. The Morgan fingerprint density at radius 1 is 1.58 bits per heavy atom. The molecule has 0 aromatic carbocycles. The van der Waals surface area contributed by atoms with Crippen molar-refractivity contribution in [1.29, 1.82) is 0 Å². The second-order valence-corrected chi connectivity index (χ2v) is 3.35. The molecule has 1 fully saturated rings. The number of ether oxygens (including phenoxy) is 1. The molecule has 72 valence electrons. The van der Waals surface area contributed by atoms with E-state index in [-0.39, 0.29) is 0 Å². The van der Waals surface area contributed by atoms with Crippen LogP contribution in [0.15, 0.2) is 0 Å². The first kappa shape index (κ1) is 9.96. The van der Waals surface area contributed by atoms with Gasteiger partial charge in [-0.15, -0.1) is 0 Å². The summed E-state index contributed by atoms with van der Waals surface area (Å²) >= 11 is 0. The monoisotopic (exact) mass is 172 g/mol. The lowest BCUT2D eigenvalue weighted by atomic mass is 10.2. The van der Waals surface area contributed by atoms with Crippen LogP contribution in [-0.2, 0) is 4.74 Å². The van der Waals surface area contributed by atoms with Gasteiger partial charge in [0.2, 0.25) is 0 Å². The minimum Gasteiger partial charge on any atom is -0.380 e. The highest BCUT2D eigenvalue weighted by Gasteiger charge is 2.19. The molecule has 0 saturated carbocycles. The van der Waals surface area contributed by atoms with Crippen molar-refractivity contribution in [2.45, 2.75) is 19.4 Å². The molecule has 0 aliphatic carbocycles. The van der Waals surface area contributed by atoms with Crippen LogP contribution >= 0.6 is 0 Å². The van der Waals surface area contributed by atoms with Crippen LogP contribution in [0.5, 0.6) is 0 Å². The lowest BCUT2D eigenvalue weighted by Crippen LogP contribution is -2.37. The minimum atomic E-state index is 0.656. The fourth-order valence-corrected chi connectivity index (χ4v) is 1.48. The maximum atomic E-state index is 5.32. The third-order valence-electron chi connectivity index (χ3n) is 2.42. The lowest BCUT2D eigenvalue weighted by molar-refractivity contribution is 0.159. The molecular formula is C9H20N2O. The molecule has 0 aromatic rings. The normalized spacial score (nSPS) is 23.8. The van der Waals surface area contributed by atoms with Crippen LogP contribution in [0.3, 0.4) is 0 Å². The molecule has 0 bridgehead atoms. The Labute approximate surface area is 75.1 Å². The third kappa shape index (κ3) is 3.09. The first-order valence-electron chi connectivity index (χ1n) is 4.83. The summed E-state index contributed by atoms with van der Waals surface area (Å²) in [7, 11) is 2.18. The van der Waals surface area contributed by atoms with Crippen molar-refractivity contribution in [2.75, 3.05) is 39.9 Å². The van der Waals surface area contributed by atoms with Crippen molar-refractivity contribution in [3.05, 3.63) is 0 Å². The lowest BCUT2D eigenvalue weighted by Gasteiger charge is -2.22. The molecule has 0 amide bonds. The Morgan fingerprint density at radius 2 is 2.42 bits per heavy atom. The Morgan fingerprint density at radius 3 is 3.00 bits per heavy atom. The number of rotatable bonds is 5. The van der Waals surface area contributed by atoms with Crippen LogP contribution < -0.4 is 5.32 Å². The van der Waals surface area contributed by atoms with E-state index in [1.165, 1.54) is 6.42 Å². The van der Waals surface area contributed by atoms with Gasteiger partial charge in [-0.05, 0) is 20.0 Å². The Bertz CT molecular complexity index is 113. The molecule has 0 radical (unpaired) electrons. The van der Waals surface area contributed by atoms with E-state index in [0.717, 1.165) is 32.8 Å². The molecule has 1 rings (SSSR count).